The van der Waals surface area contributed by atoms with Crippen molar-refractivity contribution in [3.63, 3.8) is 0 Å². The normalized spacial score (nSPS) is 11.6. The first-order chi connectivity index (χ1) is 8.66. The Hall–Kier alpha value is -1.24. The second-order valence-corrected chi connectivity index (χ2v) is 6.60. The summed E-state index contributed by atoms with van der Waals surface area (Å²) in [5.41, 5.74) is 0.791. The van der Waals surface area contributed by atoms with Gasteiger partial charge in [-0.15, -0.1) is 11.3 Å². The SMILES string of the molecule is O=S(=O)(Cc1ccccc1)NCCc1nccs1. The molecule has 0 aliphatic carbocycles. The average molecular weight is 282 g/mol. The number of benzene rings is 1. The lowest BCUT2D eigenvalue weighted by molar-refractivity contribution is 0.580. The van der Waals surface area contributed by atoms with Crippen molar-refractivity contribution < 1.29 is 8.42 Å². The summed E-state index contributed by atoms with van der Waals surface area (Å²) in [5.74, 6) is 0.0196. The molecule has 0 bridgehead atoms. The van der Waals surface area contributed by atoms with Gasteiger partial charge in [-0.3, -0.25) is 0 Å². The fourth-order valence-electron chi connectivity index (χ4n) is 1.53. The lowest BCUT2D eigenvalue weighted by atomic mass is 10.2. The molecule has 96 valence electrons. The number of rotatable bonds is 6. The van der Waals surface area contributed by atoms with Crippen LogP contribution < -0.4 is 4.72 Å². The highest BCUT2D eigenvalue weighted by atomic mass is 32.2. The summed E-state index contributed by atoms with van der Waals surface area (Å²) in [5, 5.41) is 2.82. The van der Waals surface area contributed by atoms with E-state index in [4.69, 9.17) is 0 Å². The maximum atomic E-state index is 11.8. The molecule has 0 aliphatic rings. The van der Waals surface area contributed by atoms with Crippen molar-refractivity contribution in [3.05, 3.63) is 52.5 Å². The number of nitrogens with one attached hydrogen (secondary N) is 1. The minimum atomic E-state index is -3.26. The maximum absolute atomic E-state index is 11.8. The Morgan fingerprint density at radius 1 is 1.22 bits per heavy atom. The minimum absolute atomic E-state index is 0.0196. The van der Waals surface area contributed by atoms with Crippen molar-refractivity contribution in [2.75, 3.05) is 6.54 Å². The molecule has 0 spiro atoms. The van der Waals surface area contributed by atoms with E-state index < -0.39 is 10.0 Å². The Bertz CT molecular complexity index is 565. The molecular formula is C12H14N2O2S2. The predicted octanol–water partition coefficient (Wildman–Crippen LogP) is 1.81. The minimum Gasteiger partial charge on any atom is -0.250 e. The van der Waals surface area contributed by atoms with Gasteiger partial charge in [0.1, 0.15) is 0 Å². The van der Waals surface area contributed by atoms with Crippen molar-refractivity contribution in [2.24, 2.45) is 0 Å². The number of hydrogen-bond acceptors (Lipinski definition) is 4. The molecule has 0 fully saturated rings. The van der Waals surface area contributed by atoms with Crippen molar-refractivity contribution in [2.45, 2.75) is 12.2 Å². The number of aromatic nitrogens is 1. The molecule has 6 heteroatoms. The van der Waals surface area contributed by atoms with Crippen LogP contribution in [0.15, 0.2) is 41.9 Å². The topological polar surface area (TPSA) is 59.1 Å². The Kier molecular flexibility index (Phi) is 4.46. The molecule has 1 heterocycles. The third-order valence-corrected chi connectivity index (χ3v) is 4.54. The smallest absolute Gasteiger partial charge is 0.215 e. The number of thiazole rings is 1. The zero-order chi connectivity index (χ0) is 12.8. The largest absolute Gasteiger partial charge is 0.250 e. The second kappa shape index (κ2) is 6.08. The monoisotopic (exact) mass is 282 g/mol. The van der Waals surface area contributed by atoms with Crippen LogP contribution in [0.2, 0.25) is 0 Å². The van der Waals surface area contributed by atoms with Gasteiger partial charge >= 0.3 is 0 Å². The highest BCUT2D eigenvalue weighted by Gasteiger charge is 2.10. The van der Waals surface area contributed by atoms with Gasteiger partial charge in [-0.1, -0.05) is 30.3 Å². The maximum Gasteiger partial charge on any atom is 0.215 e. The van der Waals surface area contributed by atoms with Crippen LogP contribution in [0.4, 0.5) is 0 Å². The summed E-state index contributed by atoms with van der Waals surface area (Å²) in [4.78, 5) is 4.10. The van der Waals surface area contributed by atoms with Gasteiger partial charge in [0.15, 0.2) is 0 Å². The molecule has 2 rings (SSSR count). The summed E-state index contributed by atoms with van der Waals surface area (Å²) >= 11 is 1.53. The molecule has 1 aromatic carbocycles. The van der Waals surface area contributed by atoms with E-state index in [2.05, 4.69) is 9.71 Å². The van der Waals surface area contributed by atoms with Crippen LogP contribution in [0, 0.1) is 0 Å². The first-order valence-corrected chi connectivity index (χ1v) is 8.08. The summed E-state index contributed by atoms with van der Waals surface area (Å²) in [6.07, 6.45) is 2.35. The molecule has 4 nitrogen and oxygen atoms in total. The van der Waals surface area contributed by atoms with Crippen LogP contribution in [0.5, 0.6) is 0 Å². The summed E-state index contributed by atoms with van der Waals surface area (Å²) < 4.78 is 26.2. The summed E-state index contributed by atoms with van der Waals surface area (Å²) in [6.45, 7) is 0.392. The molecule has 0 amide bonds. The van der Waals surface area contributed by atoms with Crippen LogP contribution in [0.3, 0.4) is 0 Å². The third kappa shape index (κ3) is 4.21. The van der Waals surface area contributed by atoms with Gasteiger partial charge in [0.05, 0.1) is 10.8 Å². The van der Waals surface area contributed by atoms with Gasteiger partial charge in [0, 0.05) is 24.5 Å². The molecule has 2 aromatic rings. The quantitative estimate of drug-likeness (QED) is 0.879. The Balaban J connectivity index is 1.84. The van der Waals surface area contributed by atoms with Gasteiger partial charge in [-0.25, -0.2) is 18.1 Å². The predicted molar refractivity (Wildman–Crippen MR) is 72.9 cm³/mol. The molecule has 0 unspecified atom stereocenters. The van der Waals surface area contributed by atoms with Gasteiger partial charge in [-0.05, 0) is 5.56 Å². The van der Waals surface area contributed by atoms with Crippen LogP contribution in [0.25, 0.3) is 0 Å². The highest BCUT2D eigenvalue weighted by molar-refractivity contribution is 7.88. The van der Waals surface area contributed by atoms with Crippen LogP contribution in [0.1, 0.15) is 10.6 Å². The molecule has 0 atom stereocenters. The zero-order valence-electron chi connectivity index (χ0n) is 9.74. The van der Waals surface area contributed by atoms with E-state index in [-0.39, 0.29) is 5.75 Å². The number of sulfonamides is 1. The van der Waals surface area contributed by atoms with E-state index in [0.717, 1.165) is 10.6 Å². The molecule has 0 aliphatic heterocycles. The fraction of sp³-hybridized carbons (Fsp3) is 0.250. The van der Waals surface area contributed by atoms with E-state index in [1.165, 1.54) is 11.3 Å². The van der Waals surface area contributed by atoms with Crippen molar-refractivity contribution in [1.82, 2.24) is 9.71 Å². The van der Waals surface area contributed by atoms with E-state index in [1.54, 1.807) is 18.3 Å². The van der Waals surface area contributed by atoms with Gasteiger partial charge in [0.2, 0.25) is 10.0 Å². The molecule has 1 aromatic heterocycles. The summed E-state index contributed by atoms with van der Waals surface area (Å²) in [7, 11) is -3.26. The lowest BCUT2D eigenvalue weighted by Gasteiger charge is -2.05. The number of hydrogen-bond donors (Lipinski definition) is 1. The molecule has 0 radical (unpaired) electrons. The molecular weight excluding hydrogens is 268 g/mol. The summed E-state index contributed by atoms with van der Waals surface area (Å²) in [6, 6.07) is 9.15. The van der Waals surface area contributed by atoms with Gasteiger partial charge < -0.3 is 0 Å². The van der Waals surface area contributed by atoms with Crippen molar-refractivity contribution in [3.8, 4) is 0 Å². The van der Waals surface area contributed by atoms with Crippen LogP contribution in [-0.2, 0) is 22.2 Å². The molecule has 0 saturated heterocycles. The first kappa shape index (κ1) is 13.2. The third-order valence-electron chi connectivity index (χ3n) is 2.34. The zero-order valence-corrected chi connectivity index (χ0v) is 11.4. The second-order valence-electron chi connectivity index (χ2n) is 3.81. The number of nitrogens with zero attached hydrogens (tertiary/aromatic N) is 1. The van der Waals surface area contributed by atoms with Gasteiger partial charge in [-0.2, -0.15) is 0 Å². The van der Waals surface area contributed by atoms with Crippen molar-refractivity contribution >= 4 is 21.4 Å². The van der Waals surface area contributed by atoms with Crippen LogP contribution in [-0.4, -0.2) is 19.9 Å². The van der Waals surface area contributed by atoms with E-state index >= 15 is 0 Å². The molecule has 18 heavy (non-hydrogen) atoms. The average Bonchev–Trinajstić information content (AvgIpc) is 2.82. The first-order valence-electron chi connectivity index (χ1n) is 5.55. The standard InChI is InChI=1S/C12H14N2O2S2/c15-18(16,10-11-4-2-1-3-5-11)14-7-6-12-13-8-9-17-12/h1-5,8-9,14H,6-7,10H2. The van der Waals surface area contributed by atoms with Gasteiger partial charge in [0.25, 0.3) is 0 Å². The Labute approximate surface area is 111 Å². The van der Waals surface area contributed by atoms with Crippen molar-refractivity contribution in [1.29, 1.82) is 0 Å². The lowest BCUT2D eigenvalue weighted by Crippen LogP contribution is -2.27. The van der Waals surface area contributed by atoms with E-state index in [0.29, 0.717) is 13.0 Å². The fourth-order valence-corrected chi connectivity index (χ4v) is 3.30. The Morgan fingerprint density at radius 2 is 2.00 bits per heavy atom. The molecule has 1 N–H and O–H groups in total. The van der Waals surface area contributed by atoms with E-state index in [1.807, 2.05) is 23.6 Å². The van der Waals surface area contributed by atoms with Crippen LogP contribution >= 0.6 is 11.3 Å². The Morgan fingerprint density at radius 3 is 2.67 bits per heavy atom. The highest BCUT2D eigenvalue weighted by Crippen LogP contribution is 2.06. The van der Waals surface area contributed by atoms with E-state index in [9.17, 15) is 8.42 Å². The molecule has 0 saturated carbocycles.